The van der Waals surface area contributed by atoms with Crippen LogP contribution in [0.4, 0.5) is 0 Å². The molecule has 66 valence electrons. The Hall–Kier alpha value is -0.580. The van der Waals surface area contributed by atoms with E-state index in [2.05, 4.69) is 7.05 Å². The van der Waals surface area contributed by atoms with Crippen LogP contribution < -0.4 is 4.72 Å². The molecule has 12 heavy (non-hydrogen) atoms. The number of quaternary nitrogens is 1. The Bertz CT molecular complexity index is 375. The summed E-state index contributed by atoms with van der Waals surface area (Å²) in [7, 11) is -0.134. The van der Waals surface area contributed by atoms with Crippen LogP contribution in [-0.2, 0) is 10.0 Å². The molecule has 2 N–H and O–H groups in total. The van der Waals surface area contributed by atoms with E-state index < -0.39 is 10.0 Å². The Morgan fingerprint density at radius 1 is 1.42 bits per heavy atom. The summed E-state index contributed by atoms with van der Waals surface area (Å²) in [5.74, 6) is 0. The van der Waals surface area contributed by atoms with Crippen LogP contribution in [0.2, 0.25) is 5.02 Å². The van der Waals surface area contributed by atoms with Crippen LogP contribution in [0.25, 0.3) is 0 Å². The molecule has 1 rings (SSSR count). The summed E-state index contributed by atoms with van der Waals surface area (Å²) in [6, 6.07) is 6.06. The number of sulfonamides is 1. The van der Waals surface area contributed by atoms with Gasteiger partial charge in [-0.2, -0.15) is 8.42 Å². The standard InChI is InChI=1S/C7H8ClNO2S/c1-9-12(10,11)7-4-2-3-6(8)5-7/h2-5H,1,9H2. The number of halogens is 1. The first-order valence-corrected chi connectivity index (χ1v) is 5.12. The second kappa shape index (κ2) is 3.43. The molecule has 0 fully saturated rings. The average Bonchev–Trinajstić information content (AvgIpc) is 2.05. The lowest BCUT2D eigenvalue weighted by molar-refractivity contribution is -0.424. The van der Waals surface area contributed by atoms with Gasteiger partial charge in [-0.05, 0) is 18.2 Å². The van der Waals surface area contributed by atoms with Gasteiger partial charge in [0.15, 0.2) is 0 Å². The lowest BCUT2D eigenvalue weighted by Crippen LogP contribution is -2.80. The molecule has 0 bridgehead atoms. The highest BCUT2D eigenvalue weighted by Crippen LogP contribution is 2.12. The largest absolute Gasteiger partial charge is 0.367 e. The fourth-order valence-electron chi connectivity index (χ4n) is 0.740. The van der Waals surface area contributed by atoms with E-state index in [-0.39, 0.29) is 4.90 Å². The molecule has 0 amide bonds. The SMILES string of the molecule is [CH2-][NH2+]S(=O)(=O)c1cccc(Cl)c1. The molecule has 0 aromatic heterocycles. The first-order valence-electron chi connectivity index (χ1n) is 3.19. The van der Waals surface area contributed by atoms with E-state index in [1.54, 1.807) is 12.1 Å². The Morgan fingerprint density at radius 3 is 2.58 bits per heavy atom. The van der Waals surface area contributed by atoms with Crippen molar-refractivity contribution in [3.05, 3.63) is 36.3 Å². The topological polar surface area (TPSA) is 50.8 Å². The van der Waals surface area contributed by atoms with Gasteiger partial charge in [-0.1, -0.05) is 17.7 Å². The van der Waals surface area contributed by atoms with E-state index in [1.165, 1.54) is 12.1 Å². The van der Waals surface area contributed by atoms with Crippen molar-refractivity contribution < 1.29 is 13.1 Å². The van der Waals surface area contributed by atoms with Crippen LogP contribution in [-0.4, -0.2) is 8.42 Å². The minimum Gasteiger partial charge on any atom is -0.367 e. The number of rotatable bonds is 2. The first kappa shape index (κ1) is 9.51. The molecule has 0 aliphatic rings. The van der Waals surface area contributed by atoms with Gasteiger partial charge in [-0.15, -0.1) is 7.05 Å². The van der Waals surface area contributed by atoms with Crippen molar-refractivity contribution in [3.63, 3.8) is 0 Å². The molecular weight excluding hydrogens is 198 g/mol. The molecule has 0 spiro atoms. The van der Waals surface area contributed by atoms with Crippen molar-refractivity contribution in [1.29, 1.82) is 0 Å². The number of hydrogen-bond acceptors (Lipinski definition) is 2. The van der Waals surface area contributed by atoms with Crippen LogP contribution in [0.5, 0.6) is 0 Å². The normalized spacial score (nSPS) is 11.5. The summed E-state index contributed by atoms with van der Waals surface area (Å²) in [4.78, 5) is 0.171. The maximum absolute atomic E-state index is 11.2. The highest BCUT2D eigenvalue weighted by molar-refractivity contribution is 7.84. The lowest BCUT2D eigenvalue weighted by Gasteiger charge is -2.01. The second-order valence-corrected chi connectivity index (χ2v) is 4.50. The smallest absolute Gasteiger partial charge is 0.299 e. The number of benzene rings is 1. The third kappa shape index (κ3) is 1.97. The molecule has 0 aliphatic heterocycles. The van der Waals surface area contributed by atoms with Crippen molar-refractivity contribution in [2.45, 2.75) is 4.90 Å². The molecule has 0 saturated heterocycles. The van der Waals surface area contributed by atoms with E-state index in [4.69, 9.17) is 11.6 Å². The van der Waals surface area contributed by atoms with E-state index in [1.807, 2.05) is 0 Å². The van der Waals surface area contributed by atoms with Gasteiger partial charge in [0.25, 0.3) is 10.0 Å². The fourth-order valence-corrected chi connectivity index (χ4v) is 1.75. The fraction of sp³-hybridized carbons (Fsp3) is 0. The maximum Gasteiger partial charge on any atom is 0.299 e. The first-order chi connectivity index (χ1) is 5.56. The van der Waals surface area contributed by atoms with E-state index >= 15 is 0 Å². The molecule has 1 aromatic rings. The van der Waals surface area contributed by atoms with E-state index in [9.17, 15) is 8.42 Å². The zero-order valence-electron chi connectivity index (χ0n) is 6.20. The van der Waals surface area contributed by atoms with Crippen molar-refractivity contribution in [3.8, 4) is 0 Å². The minimum absolute atomic E-state index is 0.171. The predicted molar refractivity (Wildman–Crippen MR) is 45.9 cm³/mol. The van der Waals surface area contributed by atoms with Gasteiger partial charge in [0.2, 0.25) is 0 Å². The maximum atomic E-state index is 11.2. The zero-order valence-corrected chi connectivity index (χ0v) is 7.77. The highest BCUT2D eigenvalue weighted by Gasteiger charge is 2.11. The zero-order chi connectivity index (χ0) is 9.19. The summed E-state index contributed by atoms with van der Waals surface area (Å²) in [6.07, 6.45) is 0. The third-order valence-electron chi connectivity index (χ3n) is 1.34. The predicted octanol–water partition coefficient (Wildman–Crippen LogP) is 0.384. The summed E-state index contributed by atoms with van der Waals surface area (Å²) in [5.41, 5.74) is 0. The summed E-state index contributed by atoms with van der Waals surface area (Å²) in [6.45, 7) is 0. The Kier molecular flexibility index (Phi) is 2.72. The van der Waals surface area contributed by atoms with Gasteiger partial charge in [0.05, 0.1) is 0 Å². The third-order valence-corrected chi connectivity index (χ3v) is 2.93. The molecule has 0 heterocycles. The van der Waals surface area contributed by atoms with Crippen LogP contribution in [0.3, 0.4) is 0 Å². The Labute approximate surface area is 76.4 Å². The van der Waals surface area contributed by atoms with Crippen LogP contribution >= 0.6 is 11.6 Å². The van der Waals surface area contributed by atoms with Gasteiger partial charge in [-0.3, -0.25) is 0 Å². The summed E-state index contributed by atoms with van der Waals surface area (Å²) >= 11 is 5.61. The molecule has 0 aliphatic carbocycles. The van der Waals surface area contributed by atoms with Crippen LogP contribution in [0.15, 0.2) is 29.2 Å². The average molecular weight is 206 g/mol. The molecular formula is C7H8ClNO2S. The molecule has 5 heteroatoms. The highest BCUT2D eigenvalue weighted by atomic mass is 35.5. The van der Waals surface area contributed by atoms with E-state index in [0.717, 1.165) is 4.72 Å². The molecule has 0 saturated carbocycles. The van der Waals surface area contributed by atoms with Crippen molar-refractivity contribution in [2.75, 3.05) is 0 Å². The van der Waals surface area contributed by atoms with Crippen molar-refractivity contribution >= 4 is 21.6 Å². The van der Waals surface area contributed by atoms with Gasteiger partial charge in [0, 0.05) is 5.02 Å². The Morgan fingerprint density at radius 2 is 2.08 bits per heavy atom. The molecule has 0 unspecified atom stereocenters. The summed E-state index contributed by atoms with van der Waals surface area (Å²) in [5, 5.41) is 0.401. The molecule has 0 atom stereocenters. The van der Waals surface area contributed by atoms with Gasteiger partial charge >= 0.3 is 0 Å². The van der Waals surface area contributed by atoms with Crippen LogP contribution in [0, 0.1) is 7.05 Å². The van der Waals surface area contributed by atoms with Gasteiger partial charge < -0.3 is 4.72 Å². The quantitative estimate of drug-likeness (QED) is 0.710. The monoisotopic (exact) mass is 205 g/mol. The van der Waals surface area contributed by atoms with Gasteiger partial charge in [0.1, 0.15) is 4.90 Å². The minimum atomic E-state index is -3.34. The molecule has 3 nitrogen and oxygen atoms in total. The summed E-state index contributed by atoms with van der Waals surface area (Å²) < 4.78 is 23.3. The molecule has 1 aromatic carbocycles. The van der Waals surface area contributed by atoms with Crippen molar-refractivity contribution in [2.24, 2.45) is 0 Å². The number of hydrogen-bond donors (Lipinski definition) is 1. The number of nitrogens with two attached hydrogens (primary N) is 1. The molecule has 0 radical (unpaired) electrons. The lowest BCUT2D eigenvalue weighted by atomic mass is 10.4. The Balaban J connectivity index is 3.21. The second-order valence-electron chi connectivity index (χ2n) is 2.17. The van der Waals surface area contributed by atoms with Gasteiger partial charge in [-0.25, -0.2) is 0 Å². The van der Waals surface area contributed by atoms with E-state index in [0.29, 0.717) is 5.02 Å². The van der Waals surface area contributed by atoms with Crippen LogP contribution in [0.1, 0.15) is 0 Å². The number of primary sulfonamides is 1. The van der Waals surface area contributed by atoms with Crippen molar-refractivity contribution in [1.82, 2.24) is 0 Å².